The fourth-order valence-electron chi connectivity index (χ4n) is 2.36. The van der Waals surface area contributed by atoms with Crippen LogP contribution in [0.2, 0.25) is 0 Å². The van der Waals surface area contributed by atoms with Crippen LogP contribution >= 0.6 is 0 Å². The molecule has 0 heterocycles. The smallest absolute Gasteiger partial charge is 0.412 e. The standard InChI is InChI=1S/C21H19FN2O3/c22-17-8-6-16(7-9-17)13-26-18-10-11-20(19(23)12-18)24-21(25)27-14-15-4-2-1-3-5-15/h1-12H,13-14,23H2,(H,24,25). The number of halogens is 1. The van der Waals surface area contributed by atoms with Crippen LogP contribution < -0.4 is 15.8 Å². The number of nitrogen functional groups attached to an aromatic ring is 1. The van der Waals surface area contributed by atoms with Crippen molar-refractivity contribution >= 4 is 17.5 Å². The van der Waals surface area contributed by atoms with Crippen molar-refractivity contribution in [1.82, 2.24) is 0 Å². The zero-order valence-corrected chi connectivity index (χ0v) is 14.5. The molecular formula is C21H19FN2O3. The number of carbonyl (C=O) groups excluding carboxylic acids is 1. The van der Waals surface area contributed by atoms with E-state index in [1.54, 1.807) is 30.3 Å². The molecule has 138 valence electrons. The van der Waals surface area contributed by atoms with Gasteiger partial charge in [-0.05, 0) is 35.4 Å². The molecule has 3 aromatic rings. The maximum atomic E-state index is 12.9. The number of carbonyl (C=O) groups is 1. The Kier molecular flexibility index (Phi) is 5.89. The van der Waals surface area contributed by atoms with Gasteiger partial charge >= 0.3 is 6.09 Å². The van der Waals surface area contributed by atoms with E-state index in [9.17, 15) is 9.18 Å². The Balaban J connectivity index is 1.52. The summed E-state index contributed by atoms with van der Waals surface area (Å²) in [6.07, 6.45) is -0.592. The second kappa shape index (κ2) is 8.71. The monoisotopic (exact) mass is 366 g/mol. The van der Waals surface area contributed by atoms with Crippen LogP contribution in [-0.4, -0.2) is 6.09 Å². The maximum absolute atomic E-state index is 12.9. The summed E-state index contributed by atoms with van der Waals surface area (Å²) < 4.78 is 23.7. The molecule has 0 unspecified atom stereocenters. The third kappa shape index (κ3) is 5.47. The number of hydrogen-bond acceptors (Lipinski definition) is 4. The molecule has 0 saturated carbocycles. The first-order chi connectivity index (χ1) is 13.1. The highest BCUT2D eigenvalue weighted by Gasteiger charge is 2.08. The van der Waals surface area contributed by atoms with Gasteiger partial charge in [-0.15, -0.1) is 0 Å². The molecular weight excluding hydrogens is 347 g/mol. The number of nitrogens with two attached hydrogens (primary N) is 1. The van der Waals surface area contributed by atoms with E-state index in [1.165, 1.54) is 12.1 Å². The average Bonchev–Trinajstić information content (AvgIpc) is 2.69. The fourth-order valence-corrected chi connectivity index (χ4v) is 2.36. The van der Waals surface area contributed by atoms with Crippen molar-refractivity contribution < 1.29 is 18.7 Å². The molecule has 0 aliphatic carbocycles. The quantitative estimate of drug-likeness (QED) is 0.618. The summed E-state index contributed by atoms with van der Waals surface area (Å²) in [7, 11) is 0. The van der Waals surface area contributed by atoms with E-state index in [0.29, 0.717) is 17.1 Å². The van der Waals surface area contributed by atoms with Gasteiger partial charge in [0.05, 0.1) is 11.4 Å². The third-order valence-corrected chi connectivity index (χ3v) is 3.79. The lowest BCUT2D eigenvalue weighted by molar-refractivity contribution is 0.155. The molecule has 0 atom stereocenters. The lowest BCUT2D eigenvalue weighted by Gasteiger charge is -2.12. The van der Waals surface area contributed by atoms with Gasteiger partial charge in [0.2, 0.25) is 0 Å². The minimum absolute atomic E-state index is 0.172. The van der Waals surface area contributed by atoms with E-state index < -0.39 is 6.09 Å². The van der Waals surface area contributed by atoms with E-state index in [4.69, 9.17) is 15.2 Å². The van der Waals surface area contributed by atoms with Gasteiger partial charge in [-0.1, -0.05) is 42.5 Å². The van der Waals surface area contributed by atoms with Crippen molar-refractivity contribution in [2.45, 2.75) is 13.2 Å². The Morgan fingerprint density at radius 3 is 2.33 bits per heavy atom. The molecule has 3 rings (SSSR count). The van der Waals surface area contributed by atoms with Crippen LogP contribution in [0.4, 0.5) is 20.6 Å². The second-order valence-electron chi connectivity index (χ2n) is 5.85. The Morgan fingerprint density at radius 1 is 0.926 bits per heavy atom. The lowest BCUT2D eigenvalue weighted by atomic mass is 10.2. The summed E-state index contributed by atoms with van der Waals surface area (Å²) in [5.74, 6) is 0.248. The molecule has 5 nitrogen and oxygen atoms in total. The maximum Gasteiger partial charge on any atom is 0.412 e. The molecule has 0 aromatic heterocycles. The Bertz CT molecular complexity index is 899. The number of amides is 1. The first-order valence-electron chi connectivity index (χ1n) is 8.34. The normalized spacial score (nSPS) is 10.3. The average molecular weight is 366 g/mol. The molecule has 0 spiro atoms. The molecule has 27 heavy (non-hydrogen) atoms. The van der Waals surface area contributed by atoms with E-state index in [-0.39, 0.29) is 19.0 Å². The van der Waals surface area contributed by atoms with Crippen LogP contribution in [0.5, 0.6) is 5.75 Å². The number of anilines is 2. The highest BCUT2D eigenvalue weighted by atomic mass is 19.1. The number of rotatable bonds is 6. The molecule has 1 amide bonds. The summed E-state index contributed by atoms with van der Waals surface area (Å²) in [5.41, 5.74) is 8.48. The van der Waals surface area contributed by atoms with Gasteiger partial charge in [-0.2, -0.15) is 0 Å². The zero-order valence-electron chi connectivity index (χ0n) is 14.5. The summed E-state index contributed by atoms with van der Waals surface area (Å²) in [6, 6.07) is 20.4. The Morgan fingerprint density at radius 2 is 1.63 bits per heavy atom. The lowest BCUT2D eigenvalue weighted by Crippen LogP contribution is -2.14. The SMILES string of the molecule is Nc1cc(OCc2ccc(F)cc2)ccc1NC(=O)OCc1ccccc1. The van der Waals surface area contributed by atoms with Crippen LogP contribution in [0, 0.1) is 5.82 Å². The molecule has 0 radical (unpaired) electrons. The van der Waals surface area contributed by atoms with Crippen LogP contribution in [0.3, 0.4) is 0 Å². The predicted octanol–water partition coefficient (Wildman–Crippen LogP) is 4.74. The van der Waals surface area contributed by atoms with Crippen molar-refractivity contribution in [2.24, 2.45) is 0 Å². The zero-order chi connectivity index (χ0) is 19.1. The number of ether oxygens (including phenoxy) is 2. The largest absolute Gasteiger partial charge is 0.489 e. The van der Waals surface area contributed by atoms with Crippen LogP contribution in [0.25, 0.3) is 0 Å². The summed E-state index contributed by atoms with van der Waals surface area (Å²) in [4.78, 5) is 11.9. The highest BCUT2D eigenvalue weighted by Crippen LogP contribution is 2.25. The Labute approximate surface area is 156 Å². The van der Waals surface area contributed by atoms with E-state index in [0.717, 1.165) is 11.1 Å². The van der Waals surface area contributed by atoms with Crippen LogP contribution in [-0.2, 0) is 18.0 Å². The second-order valence-corrected chi connectivity index (χ2v) is 5.85. The minimum Gasteiger partial charge on any atom is -0.489 e. The molecule has 3 aromatic carbocycles. The molecule has 3 N–H and O–H groups in total. The van der Waals surface area contributed by atoms with Crippen molar-refractivity contribution in [3.05, 3.63) is 89.7 Å². The van der Waals surface area contributed by atoms with Gasteiger partial charge in [0, 0.05) is 6.07 Å². The van der Waals surface area contributed by atoms with Crippen molar-refractivity contribution in [3.8, 4) is 5.75 Å². The van der Waals surface area contributed by atoms with E-state index >= 15 is 0 Å². The summed E-state index contributed by atoms with van der Waals surface area (Å²) >= 11 is 0. The first kappa shape index (κ1) is 18.3. The molecule has 0 aliphatic heterocycles. The van der Waals surface area contributed by atoms with Crippen LogP contribution in [0.15, 0.2) is 72.8 Å². The van der Waals surface area contributed by atoms with Gasteiger partial charge < -0.3 is 15.2 Å². The molecule has 0 aliphatic rings. The van der Waals surface area contributed by atoms with Gasteiger partial charge in [0.15, 0.2) is 0 Å². The number of hydrogen-bond donors (Lipinski definition) is 2. The van der Waals surface area contributed by atoms with E-state index in [1.807, 2.05) is 30.3 Å². The van der Waals surface area contributed by atoms with Gasteiger partial charge in [0.25, 0.3) is 0 Å². The Hall–Kier alpha value is -3.54. The van der Waals surface area contributed by atoms with Crippen LogP contribution in [0.1, 0.15) is 11.1 Å². The minimum atomic E-state index is -0.592. The number of benzene rings is 3. The molecule has 6 heteroatoms. The third-order valence-electron chi connectivity index (χ3n) is 3.79. The van der Waals surface area contributed by atoms with E-state index in [2.05, 4.69) is 5.32 Å². The summed E-state index contributed by atoms with van der Waals surface area (Å²) in [6.45, 7) is 0.455. The molecule has 0 bridgehead atoms. The topological polar surface area (TPSA) is 73.6 Å². The molecule has 0 saturated heterocycles. The van der Waals surface area contributed by atoms with Crippen molar-refractivity contribution in [1.29, 1.82) is 0 Å². The van der Waals surface area contributed by atoms with Gasteiger partial charge in [-0.3, -0.25) is 5.32 Å². The fraction of sp³-hybridized carbons (Fsp3) is 0.0952. The first-order valence-corrected chi connectivity index (χ1v) is 8.34. The molecule has 0 fully saturated rings. The van der Waals surface area contributed by atoms with Gasteiger partial charge in [0.1, 0.15) is 24.8 Å². The van der Waals surface area contributed by atoms with Gasteiger partial charge in [-0.25, -0.2) is 9.18 Å². The number of nitrogens with one attached hydrogen (secondary N) is 1. The highest BCUT2D eigenvalue weighted by molar-refractivity contribution is 5.89. The van der Waals surface area contributed by atoms with Crippen molar-refractivity contribution in [3.63, 3.8) is 0 Å². The summed E-state index contributed by atoms with van der Waals surface area (Å²) in [5, 5.41) is 2.60. The van der Waals surface area contributed by atoms with Crippen molar-refractivity contribution in [2.75, 3.05) is 11.1 Å². The predicted molar refractivity (Wildman–Crippen MR) is 102 cm³/mol.